The smallest absolute Gasteiger partial charge is 0.326 e. The molecule has 0 heterocycles. The molecule has 0 saturated carbocycles. The van der Waals surface area contributed by atoms with Crippen molar-refractivity contribution in [2.45, 2.75) is 24.8 Å². The maximum absolute atomic E-state index is 12.5. The lowest BCUT2D eigenvalue weighted by Gasteiger charge is -2.18. The highest BCUT2D eigenvalue weighted by Crippen LogP contribution is 2.44. The van der Waals surface area contributed by atoms with Crippen LogP contribution in [0.3, 0.4) is 0 Å². The SMILES string of the molecule is CN(C)CCCNC(=S)N[C@@H](CC(=O)OCC1c2ccccc2-c2ccccc21)C(=O)O. The minimum atomic E-state index is -1.16. The van der Waals surface area contributed by atoms with Crippen LogP contribution in [0.15, 0.2) is 48.5 Å². The van der Waals surface area contributed by atoms with Crippen LogP contribution < -0.4 is 10.6 Å². The number of ether oxygens (including phenoxy) is 1. The van der Waals surface area contributed by atoms with Gasteiger partial charge in [-0.3, -0.25) is 4.79 Å². The van der Waals surface area contributed by atoms with Crippen molar-refractivity contribution in [3.05, 3.63) is 59.7 Å². The van der Waals surface area contributed by atoms with E-state index in [1.165, 1.54) is 0 Å². The summed E-state index contributed by atoms with van der Waals surface area (Å²) in [6.07, 6.45) is 0.545. The zero-order valence-electron chi connectivity index (χ0n) is 18.3. The maximum atomic E-state index is 12.5. The van der Waals surface area contributed by atoms with Gasteiger partial charge in [-0.25, -0.2) is 4.79 Å². The van der Waals surface area contributed by atoms with Gasteiger partial charge >= 0.3 is 11.9 Å². The summed E-state index contributed by atoms with van der Waals surface area (Å²) in [5, 5.41) is 15.4. The van der Waals surface area contributed by atoms with Gasteiger partial charge in [0.25, 0.3) is 0 Å². The standard InChI is InChI=1S/C24H29N3O4S/c1-27(2)13-7-12-25-24(32)26-21(23(29)30)14-22(28)31-15-20-18-10-5-3-8-16(18)17-9-4-6-11-19(17)20/h3-6,8-11,20-21H,7,12-15H2,1-2H3,(H,29,30)(H2,25,26,32)/t21-/m0/s1. The highest BCUT2D eigenvalue weighted by Gasteiger charge is 2.30. The summed E-state index contributed by atoms with van der Waals surface area (Å²) in [6, 6.07) is 15.0. The summed E-state index contributed by atoms with van der Waals surface area (Å²) in [5.41, 5.74) is 4.50. The molecule has 0 saturated heterocycles. The highest BCUT2D eigenvalue weighted by atomic mass is 32.1. The van der Waals surface area contributed by atoms with Gasteiger partial charge in [-0.2, -0.15) is 0 Å². The zero-order valence-corrected chi connectivity index (χ0v) is 19.2. The number of esters is 1. The minimum absolute atomic E-state index is 0.0676. The molecule has 0 spiro atoms. The van der Waals surface area contributed by atoms with Gasteiger partial charge in [0.15, 0.2) is 5.11 Å². The second-order valence-corrected chi connectivity index (χ2v) is 8.47. The number of carboxylic acids is 1. The Morgan fingerprint density at radius 1 is 1.09 bits per heavy atom. The van der Waals surface area contributed by atoms with Crippen LogP contribution in [0.1, 0.15) is 29.9 Å². The second kappa shape index (κ2) is 11.1. The summed E-state index contributed by atoms with van der Waals surface area (Å²) in [5.74, 6) is -1.81. The van der Waals surface area contributed by atoms with Crippen molar-refractivity contribution in [1.29, 1.82) is 0 Å². The number of aliphatic carboxylic acids is 1. The molecular formula is C24H29N3O4S. The van der Waals surface area contributed by atoms with Crippen molar-refractivity contribution >= 4 is 29.3 Å². The third kappa shape index (κ3) is 6.05. The molecule has 0 fully saturated rings. The van der Waals surface area contributed by atoms with Crippen molar-refractivity contribution in [1.82, 2.24) is 15.5 Å². The van der Waals surface area contributed by atoms with Gasteiger partial charge in [0.2, 0.25) is 0 Å². The molecule has 170 valence electrons. The predicted molar refractivity (Wildman–Crippen MR) is 128 cm³/mol. The summed E-state index contributed by atoms with van der Waals surface area (Å²) >= 11 is 5.17. The fourth-order valence-electron chi connectivity index (χ4n) is 3.85. The van der Waals surface area contributed by atoms with Crippen LogP contribution in [-0.2, 0) is 14.3 Å². The molecule has 32 heavy (non-hydrogen) atoms. The molecule has 0 radical (unpaired) electrons. The number of hydrogen-bond acceptors (Lipinski definition) is 5. The van der Waals surface area contributed by atoms with E-state index in [0.717, 1.165) is 35.2 Å². The Hall–Kier alpha value is -2.97. The quantitative estimate of drug-likeness (QED) is 0.286. The number of rotatable bonds is 10. The minimum Gasteiger partial charge on any atom is -0.480 e. The molecule has 0 amide bonds. The number of benzene rings is 2. The van der Waals surface area contributed by atoms with Gasteiger partial charge in [0, 0.05) is 12.5 Å². The van der Waals surface area contributed by atoms with Gasteiger partial charge in [0.1, 0.15) is 12.6 Å². The third-order valence-corrected chi connectivity index (χ3v) is 5.68. The molecule has 7 nitrogen and oxygen atoms in total. The van der Waals surface area contributed by atoms with E-state index < -0.39 is 18.0 Å². The van der Waals surface area contributed by atoms with Gasteiger partial charge in [-0.05, 0) is 61.5 Å². The van der Waals surface area contributed by atoms with E-state index in [9.17, 15) is 14.7 Å². The molecule has 3 rings (SSSR count). The van der Waals surface area contributed by atoms with Crippen LogP contribution in [0, 0.1) is 0 Å². The van der Waals surface area contributed by atoms with Crippen molar-refractivity contribution in [2.75, 3.05) is 33.8 Å². The molecule has 2 aromatic carbocycles. The number of carbonyl (C=O) groups is 2. The first-order valence-corrected chi connectivity index (χ1v) is 11.0. The lowest BCUT2D eigenvalue weighted by atomic mass is 9.98. The molecule has 0 bridgehead atoms. The monoisotopic (exact) mass is 455 g/mol. The molecule has 1 aliphatic rings. The topological polar surface area (TPSA) is 90.9 Å². The average molecular weight is 456 g/mol. The largest absolute Gasteiger partial charge is 0.480 e. The number of fused-ring (bicyclic) bond motifs is 3. The van der Waals surface area contributed by atoms with Crippen LogP contribution >= 0.6 is 12.2 Å². The van der Waals surface area contributed by atoms with Crippen LogP contribution in [0.25, 0.3) is 11.1 Å². The Bertz CT molecular complexity index is 934. The summed E-state index contributed by atoms with van der Waals surface area (Å²) < 4.78 is 5.52. The summed E-state index contributed by atoms with van der Waals surface area (Å²) in [7, 11) is 3.96. The number of thiocarbonyl (C=S) groups is 1. The molecular weight excluding hydrogens is 426 g/mol. The number of nitrogens with zero attached hydrogens (tertiary/aromatic N) is 1. The van der Waals surface area contributed by atoms with E-state index in [1.807, 2.05) is 50.5 Å². The molecule has 0 aliphatic heterocycles. The Morgan fingerprint density at radius 2 is 1.69 bits per heavy atom. The number of carboxylic acid groups (broad SMARTS) is 1. The summed E-state index contributed by atoms with van der Waals surface area (Å²) in [6.45, 7) is 1.66. The average Bonchev–Trinajstić information content (AvgIpc) is 3.08. The maximum Gasteiger partial charge on any atom is 0.326 e. The van der Waals surface area contributed by atoms with E-state index in [2.05, 4.69) is 27.7 Å². The number of carbonyl (C=O) groups excluding carboxylic acids is 1. The van der Waals surface area contributed by atoms with E-state index >= 15 is 0 Å². The van der Waals surface area contributed by atoms with Gasteiger partial charge < -0.3 is 25.4 Å². The molecule has 3 N–H and O–H groups in total. The molecule has 1 aliphatic carbocycles. The fourth-order valence-corrected chi connectivity index (χ4v) is 4.09. The van der Waals surface area contributed by atoms with Crippen LogP contribution in [-0.4, -0.2) is 66.9 Å². The highest BCUT2D eigenvalue weighted by molar-refractivity contribution is 7.80. The van der Waals surface area contributed by atoms with Gasteiger partial charge in [0.05, 0.1) is 6.42 Å². The molecule has 0 unspecified atom stereocenters. The predicted octanol–water partition coefficient (Wildman–Crippen LogP) is 2.60. The lowest BCUT2D eigenvalue weighted by molar-refractivity contribution is -0.149. The zero-order chi connectivity index (χ0) is 23.1. The molecule has 0 aromatic heterocycles. The first kappa shape index (κ1) is 23.7. The van der Waals surface area contributed by atoms with E-state index in [-0.39, 0.29) is 24.1 Å². The Morgan fingerprint density at radius 3 is 2.25 bits per heavy atom. The molecule has 1 atom stereocenters. The lowest BCUT2D eigenvalue weighted by Crippen LogP contribution is -2.47. The van der Waals surface area contributed by atoms with Gasteiger partial charge in [-0.15, -0.1) is 0 Å². The van der Waals surface area contributed by atoms with Crippen LogP contribution in [0.4, 0.5) is 0 Å². The number of nitrogens with one attached hydrogen (secondary N) is 2. The Labute approximate surface area is 193 Å². The van der Waals surface area contributed by atoms with Crippen molar-refractivity contribution in [3.8, 4) is 11.1 Å². The van der Waals surface area contributed by atoms with Crippen LogP contribution in [0.2, 0.25) is 0 Å². The van der Waals surface area contributed by atoms with E-state index in [4.69, 9.17) is 17.0 Å². The Balaban J connectivity index is 1.54. The van der Waals surface area contributed by atoms with E-state index in [1.54, 1.807) is 0 Å². The number of hydrogen-bond donors (Lipinski definition) is 3. The molecule has 8 heteroatoms. The second-order valence-electron chi connectivity index (χ2n) is 8.06. The Kier molecular flexibility index (Phi) is 8.19. The normalized spacial score (nSPS) is 13.2. The summed E-state index contributed by atoms with van der Waals surface area (Å²) in [4.78, 5) is 26.1. The van der Waals surface area contributed by atoms with E-state index in [0.29, 0.717) is 6.54 Å². The van der Waals surface area contributed by atoms with Crippen molar-refractivity contribution in [2.24, 2.45) is 0 Å². The fraction of sp³-hybridized carbons (Fsp3) is 0.375. The van der Waals surface area contributed by atoms with Crippen molar-refractivity contribution < 1.29 is 19.4 Å². The first-order valence-electron chi connectivity index (χ1n) is 10.6. The first-order chi connectivity index (χ1) is 15.4. The van der Waals surface area contributed by atoms with Crippen LogP contribution in [0.5, 0.6) is 0 Å². The van der Waals surface area contributed by atoms with Gasteiger partial charge in [-0.1, -0.05) is 48.5 Å². The van der Waals surface area contributed by atoms with Crippen molar-refractivity contribution in [3.63, 3.8) is 0 Å². The molecule has 2 aromatic rings. The third-order valence-electron chi connectivity index (χ3n) is 5.42.